The summed E-state index contributed by atoms with van der Waals surface area (Å²) in [5, 5.41) is 0. The smallest absolute Gasteiger partial charge is 0.306 e. The fraction of sp³-hybridized carbons (Fsp3) is 0.745. The maximum atomic E-state index is 12.5. The summed E-state index contributed by atoms with van der Waals surface area (Å²) in [6, 6.07) is 0. The Morgan fingerprint density at radius 3 is 1.07 bits per heavy atom. The summed E-state index contributed by atoms with van der Waals surface area (Å²) in [6.45, 7) is 6.39. The average molecular weight is 797 g/mol. The number of hydrogen-bond acceptors (Lipinski definition) is 6. The second-order valence-corrected chi connectivity index (χ2v) is 15.6. The lowest BCUT2D eigenvalue weighted by Gasteiger charge is -2.18. The molecule has 0 bridgehead atoms. The first-order chi connectivity index (χ1) is 28.0. The van der Waals surface area contributed by atoms with Crippen molar-refractivity contribution in [3.8, 4) is 0 Å². The van der Waals surface area contributed by atoms with Gasteiger partial charge in [-0.3, -0.25) is 14.4 Å². The van der Waals surface area contributed by atoms with Gasteiger partial charge in [-0.05, 0) is 64.2 Å². The van der Waals surface area contributed by atoms with E-state index in [-0.39, 0.29) is 31.1 Å². The molecule has 0 N–H and O–H groups in total. The third kappa shape index (κ3) is 44.1. The van der Waals surface area contributed by atoms with Crippen molar-refractivity contribution in [2.75, 3.05) is 13.2 Å². The predicted octanol–water partition coefficient (Wildman–Crippen LogP) is 15.3. The van der Waals surface area contributed by atoms with Crippen molar-refractivity contribution in [2.45, 2.75) is 232 Å². The van der Waals surface area contributed by atoms with Crippen molar-refractivity contribution in [1.29, 1.82) is 0 Å². The van der Waals surface area contributed by atoms with Crippen LogP contribution in [0, 0.1) is 0 Å². The van der Waals surface area contributed by atoms with Crippen molar-refractivity contribution in [3.63, 3.8) is 0 Å². The summed E-state index contributed by atoms with van der Waals surface area (Å²) < 4.78 is 16.5. The van der Waals surface area contributed by atoms with Crippen molar-refractivity contribution < 1.29 is 28.6 Å². The normalized spacial score (nSPS) is 12.5. The standard InChI is InChI=1S/C51H88O6/c1-4-7-10-13-16-17-18-19-20-21-22-23-24-25-26-27-28-29-30-31-32-33-34-35-36-39-41-44-50(53)56-47-48(57-51(54)45-42-38-15-12-9-6-3)46-55-49(52)43-40-37-14-11-8-5-2/h7,10,16-17,19-20,22-23,25-26,48H,4-6,8-9,11-15,18,21,24,27-47H2,1-3H3/b10-7-,17-16-,20-19-,23-22-,26-25-. The molecule has 0 saturated heterocycles. The van der Waals surface area contributed by atoms with E-state index in [0.717, 1.165) is 89.9 Å². The van der Waals surface area contributed by atoms with Gasteiger partial charge in [0, 0.05) is 19.3 Å². The zero-order valence-electron chi connectivity index (χ0n) is 37.3. The minimum Gasteiger partial charge on any atom is -0.462 e. The van der Waals surface area contributed by atoms with Gasteiger partial charge in [0.1, 0.15) is 13.2 Å². The summed E-state index contributed by atoms with van der Waals surface area (Å²) >= 11 is 0. The van der Waals surface area contributed by atoms with Gasteiger partial charge in [-0.1, -0.05) is 204 Å². The molecule has 0 heterocycles. The molecule has 0 spiro atoms. The van der Waals surface area contributed by atoms with Crippen molar-refractivity contribution in [3.05, 3.63) is 60.8 Å². The third-order valence-electron chi connectivity index (χ3n) is 10.0. The number of ether oxygens (including phenoxy) is 3. The Morgan fingerprint density at radius 2 is 0.684 bits per heavy atom. The van der Waals surface area contributed by atoms with Crippen LogP contribution in [0.2, 0.25) is 0 Å². The lowest BCUT2D eigenvalue weighted by atomic mass is 10.0. The van der Waals surface area contributed by atoms with E-state index >= 15 is 0 Å². The van der Waals surface area contributed by atoms with E-state index in [1.807, 2.05) is 0 Å². The van der Waals surface area contributed by atoms with Gasteiger partial charge >= 0.3 is 17.9 Å². The Morgan fingerprint density at radius 1 is 0.368 bits per heavy atom. The van der Waals surface area contributed by atoms with E-state index in [1.54, 1.807) is 0 Å². The Kier molecular flexibility index (Phi) is 43.5. The molecule has 328 valence electrons. The van der Waals surface area contributed by atoms with Crippen LogP contribution in [0.5, 0.6) is 0 Å². The minimum absolute atomic E-state index is 0.0741. The van der Waals surface area contributed by atoms with Gasteiger partial charge in [0.05, 0.1) is 0 Å². The van der Waals surface area contributed by atoms with Gasteiger partial charge in [-0.2, -0.15) is 0 Å². The Balaban J connectivity index is 3.96. The number of unbranched alkanes of at least 4 members (excludes halogenated alkanes) is 21. The summed E-state index contributed by atoms with van der Waals surface area (Å²) in [5.74, 6) is -0.899. The number of carbonyl (C=O) groups is 3. The lowest BCUT2D eigenvalue weighted by molar-refractivity contribution is -0.167. The lowest BCUT2D eigenvalue weighted by Crippen LogP contribution is -2.30. The van der Waals surface area contributed by atoms with Crippen LogP contribution < -0.4 is 0 Å². The molecule has 0 aromatic carbocycles. The van der Waals surface area contributed by atoms with Crippen LogP contribution in [-0.2, 0) is 28.6 Å². The van der Waals surface area contributed by atoms with Gasteiger partial charge in [0.25, 0.3) is 0 Å². The first-order valence-electron chi connectivity index (χ1n) is 23.8. The number of esters is 3. The molecule has 0 aromatic heterocycles. The van der Waals surface area contributed by atoms with Crippen molar-refractivity contribution in [2.24, 2.45) is 0 Å². The van der Waals surface area contributed by atoms with Crippen LogP contribution in [-0.4, -0.2) is 37.2 Å². The first kappa shape index (κ1) is 54.1. The zero-order chi connectivity index (χ0) is 41.5. The molecule has 1 atom stereocenters. The van der Waals surface area contributed by atoms with Crippen LogP contribution in [0.3, 0.4) is 0 Å². The number of rotatable bonds is 42. The molecule has 0 amide bonds. The van der Waals surface area contributed by atoms with E-state index in [4.69, 9.17) is 14.2 Å². The molecule has 0 rings (SSSR count). The molecule has 0 fully saturated rings. The van der Waals surface area contributed by atoms with Crippen molar-refractivity contribution >= 4 is 17.9 Å². The van der Waals surface area contributed by atoms with Crippen LogP contribution in [0.15, 0.2) is 60.8 Å². The quantitative estimate of drug-likeness (QED) is 0.0265. The minimum atomic E-state index is -0.765. The van der Waals surface area contributed by atoms with Crippen LogP contribution in [0.1, 0.15) is 226 Å². The summed E-state index contributed by atoms with van der Waals surface area (Å²) in [7, 11) is 0. The molecule has 0 aliphatic carbocycles. The Hall–Kier alpha value is -2.89. The first-order valence-corrected chi connectivity index (χ1v) is 23.8. The fourth-order valence-electron chi connectivity index (χ4n) is 6.47. The summed E-state index contributed by atoms with van der Waals surface area (Å²) in [6.07, 6.45) is 55.5. The predicted molar refractivity (Wildman–Crippen MR) is 242 cm³/mol. The summed E-state index contributed by atoms with van der Waals surface area (Å²) in [4.78, 5) is 37.3. The molecule has 6 nitrogen and oxygen atoms in total. The topological polar surface area (TPSA) is 78.9 Å². The molecule has 0 radical (unpaired) electrons. The van der Waals surface area contributed by atoms with E-state index in [2.05, 4.69) is 81.5 Å². The van der Waals surface area contributed by atoms with Crippen LogP contribution >= 0.6 is 0 Å². The highest BCUT2D eigenvalue weighted by Gasteiger charge is 2.19. The average Bonchev–Trinajstić information content (AvgIpc) is 3.21. The number of allylic oxidation sites excluding steroid dienone is 10. The maximum Gasteiger partial charge on any atom is 0.306 e. The molecular weight excluding hydrogens is 709 g/mol. The van der Waals surface area contributed by atoms with E-state index in [0.29, 0.717) is 19.3 Å². The molecule has 0 aliphatic rings. The highest BCUT2D eigenvalue weighted by atomic mass is 16.6. The SMILES string of the molecule is CC/C=C\C/C=C\C/C=C\C/C=C\C/C=C\CCCCCCCCCCCCCC(=O)OCC(COC(=O)CCCCCCCC)OC(=O)CCCCCCCC. The van der Waals surface area contributed by atoms with Gasteiger partial charge in [0.15, 0.2) is 6.10 Å². The molecule has 0 aromatic rings. The largest absolute Gasteiger partial charge is 0.462 e. The molecule has 0 saturated carbocycles. The van der Waals surface area contributed by atoms with E-state index < -0.39 is 6.10 Å². The number of hydrogen-bond donors (Lipinski definition) is 0. The molecule has 1 unspecified atom stereocenters. The van der Waals surface area contributed by atoms with Gasteiger partial charge in [-0.25, -0.2) is 0 Å². The maximum absolute atomic E-state index is 12.5. The van der Waals surface area contributed by atoms with Crippen LogP contribution in [0.25, 0.3) is 0 Å². The molecule has 6 heteroatoms. The third-order valence-corrected chi connectivity index (χ3v) is 10.0. The molecule has 57 heavy (non-hydrogen) atoms. The fourth-order valence-corrected chi connectivity index (χ4v) is 6.47. The molecular formula is C51H88O6. The van der Waals surface area contributed by atoms with Crippen LogP contribution in [0.4, 0.5) is 0 Å². The monoisotopic (exact) mass is 797 g/mol. The summed E-state index contributed by atoms with van der Waals surface area (Å²) in [5.41, 5.74) is 0. The van der Waals surface area contributed by atoms with Gasteiger partial charge < -0.3 is 14.2 Å². The van der Waals surface area contributed by atoms with Gasteiger partial charge in [0.2, 0.25) is 0 Å². The second kappa shape index (κ2) is 45.8. The van der Waals surface area contributed by atoms with Gasteiger partial charge in [-0.15, -0.1) is 0 Å². The number of carbonyl (C=O) groups excluding carboxylic acids is 3. The van der Waals surface area contributed by atoms with E-state index in [9.17, 15) is 14.4 Å². The zero-order valence-corrected chi connectivity index (χ0v) is 37.3. The molecule has 0 aliphatic heterocycles. The highest BCUT2D eigenvalue weighted by Crippen LogP contribution is 2.14. The Labute approximate surface area is 351 Å². The van der Waals surface area contributed by atoms with Crippen molar-refractivity contribution in [1.82, 2.24) is 0 Å². The highest BCUT2D eigenvalue weighted by molar-refractivity contribution is 5.71. The second-order valence-electron chi connectivity index (χ2n) is 15.6. The Bertz CT molecular complexity index is 1050. The van der Waals surface area contributed by atoms with E-state index in [1.165, 1.54) is 96.3 Å².